The Kier molecular flexibility index (Phi) is 9.16. The highest BCUT2D eigenvalue weighted by atomic mass is 16.6. The molecular weight excluding hydrogens is 292 g/mol. The minimum atomic E-state index is -0.524. The van der Waals surface area contributed by atoms with E-state index in [9.17, 15) is 4.79 Å². The quantitative estimate of drug-likeness (QED) is 0.381. The Balaban J connectivity index is 4.99. The van der Waals surface area contributed by atoms with Crippen LogP contribution in [0.1, 0.15) is 54.4 Å². The van der Waals surface area contributed by atoms with Gasteiger partial charge in [0, 0.05) is 6.54 Å². The lowest BCUT2D eigenvalue weighted by atomic mass is 9.93. The third kappa shape index (κ3) is 8.97. The van der Waals surface area contributed by atoms with Crippen molar-refractivity contribution in [1.29, 1.82) is 0 Å². The maximum absolute atomic E-state index is 12.1. The molecule has 0 aliphatic rings. The first-order chi connectivity index (χ1) is 10.7. The monoisotopic (exact) mass is 324 g/mol. The van der Waals surface area contributed by atoms with Crippen molar-refractivity contribution in [2.24, 2.45) is 4.99 Å². The Hall–Kier alpha value is -1.90. The third-order valence-corrected chi connectivity index (χ3v) is 3.36. The fourth-order valence-electron chi connectivity index (χ4n) is 1.92. The standard InChI is InChI=1S/C17H32N4O2/c1-8-12-19-14(18-11-4)20-13-17(9-2,10-3)21-15(22)23-16(5,6)7/h1H,9-13H2,2-7H3,(H,21,22)(H2,18,19,20). The van der Waals surface area contributed by atoms with E-state index in [1.807, 2.05) is 41.5 Å². The van der Waals surface area contributed by atoms with Gasteiger partial charge in [0.1, 0.15) is 5.60 Å². The molecule has 0 aromatic heterocycles. The second-order valence-electron chi connectivity index (χ2n) is 6.37. The van der Waals surface area contributed by atoms with E-state index in [0.29, 0.717) is 19.0 Å². The van der Waals surface area contributed by atoms with Gasteiger partial charge in [0.2, 0.25) is 0 Å². The number of hydrogen-bond donors (Lipinski definition) is 3. The number of rotatable bonds is 7. The molecule has 0 atom stereocenters. The third-order valence-electron chi connectivity index (χ3n) is 3.36. The van der Waals surface area contributed by atoms with E-state index < -0.39 is 17.2 Å². The predicted molar refractivity (Wildman–Crippen MR) is 95.5 cm³/mol. The van der Waals surface area contributed by atoms with Gasteiger partial charge in [0.15, 0.2) is 5.96 Å². The van der Waals surface area contributed by atoms with E-state index in [-0.39, 0.29) is 0 Å². The summed E-state index contributed by atoms with van der Waals surface area (Å²) in [5.41, 5.74) is -0.968. The van der Waals surface area contributed by atoms with E-state index in [4.69, 9.17) is 11.2 Å². The summed E-state index contributed by atoms with van der Waals surface area (Å²) in [6.07, 6.45) is 6.35. The van der Waals surface area contributed by atoms with Crippen LogP contribution in [-0.4, -0.2) is 42.8 Å². The molecule has 6 heteroatoms. The molecule has 0 aromatic carbocycles. The molecule has 0 saturated heterocycles. The zero-order valence-electron chi connectivity index (χ0n) is 15.4. The molecule has 0 bridgehead atoms. The van der Waals surface area contributed by atoms with Crippen LogP contribution in [0, 0.1) is 12.3 Å². The van der Waals surface area contributed by atoms with Crippen molar-refractivity contribution in [3.8, 4) is 12.3 Å². The van der Waals surface area contributed by atoms with Gasteiger partial charge >= 0.3 is 6.09 Å². The first kappa shape index (κ1) is 21.1. The molecule has 0 heterocycles. The summed E-state index contributed by atoms with van der Waals surface area (Å²) in [5.74, 6) is 3.16. The highest BCUT2D eigenvalue weighted by Crippen LogP contribution is 2.17. The van der Waals surface area contributed by atoms with E-state index >= 15 is 0 Å². The highest BCUT2D eigenvalue weighted by Gasteiger charge is 2.30. The molecule has 0 radical (unpaired) electrons. The van der Waals surface area contributed by atoms with Gasteiger partial charge in [0.25, 0.3) is 0 Å². The number of terminal acetylenes is 1. The summed E-state index contributed by atoms with van der Waals surface area (Å²) in [7, 11) is 0. The maximum atomic E-state index is 12.1. The topological polar surface area (TPSA) is 74.8 Å². The zero-order valence-corrected chi connectivity index (χ0v) is 15.4. The number of hydrogen-bond acceptors (Lipinski definition) is 3. The summed E-state index contributed by atoms with van der Waals surface area (Å²) in [6, 6.07) is 0. The number of carbonyl (C=O) groups excluding carboxylic acids is 1. The molecule has 0 spiro atoms. The van der Waals surface area contributed by atoms with Crippen LogP contribution in [0.15, 0.2) is 4.99 Å². The SMILES string of the molecule is C#CCNC(=NCC(CC)(CC)NC(=O)OC(C)(C)C)NCC. The van der Waals surface area contributed by atoms with Crippen LogP contribution in [0.2, 0.25) is 0 Å². The van der Waals surface area contributed by atoms with Crippen LogP contribution in [-0.2, 0) is 4.74 Å². The van der Waals surface area contributed by atoms with Gasteiger partial charge in [-0.05, 0) is 40.5 Å². The molecule has 0 aromatic rings. The number of alkyl carbamates (subject to hydrolysis) is 1. The molecule has 132 valence electrons. The lowest BCUT2D eigenvalue weighted by Gasteiger charge is -2.32. The minimum Gasteiger partial charge on any atom is -0.444 e. The number of carbonyl (C=O) groups is 1. The smallest absolute Gasteiger partial charge is 0.408 e. The average molecular weight is 324 g/mol. The first-order valence-electron chi connectivity index (χ1n) is 8.18. The number of nitrogens with one attached hydrogen (secondary N) is 3. The van der Waals surface area contributed by atoms with Gasteiger partial charge in [-0.1, -0.05) is 19.8 Å². The maximum Gasteiger partial charge on any atom is 0.408 e. The molecule has 0 fully saturated rings. The first-order valence-corrected chi connectivity index (χ1v) is 8.18. The Labute approximate surface area is 140 Å². The molecule has 0 aliphatic heterocycles. The molecule has 0 aliphatic carbocycles. The van der Waals surface area contributed by atoms with Crippen LogP contribution in [0.3, 0.4) is 0 Å². The van der Waals surface area contributed by atoms with E-state index in [2.05, 4.69) is 26.9 Å². The molecule has 23 heavy (non-hydrogen) atoms. The van der Waals surface area contributed by atoms with E-state index in [1.54, 1.807) is 0 Å². The van der Waals surface area contributed by atoms with Crippen LogP contribution < -0.4 is 16.0 Å². The fraction of sp³-hybridized carbons (Fsp3) is 0.765. The van der Waals surface area contributed by atoms with Crippen LogP contribution >= 0.6 is 0 Å². The predicted octanol–water partition coefficient (Wildman–Crippen LogP) is 2.26. The largest absolute Gasteiger partial charge is 0.444 e. The van der Waals surface area contributed by atoms with Gasteiger partial charge in [-0.25, -0.2) is 4.79 Å². The number of aliphatic imine (C=N–C) groups is 1. The Morgan fingerprint density at radius 3 is 2.22 bits per heavy atom. The summed E-state index contributed by atoms with van der Waals surface area (Å²) in [6.45, 7) is 13.2. The second-order valence-corrected chi connectivity index (χ2v) is 6.37. The lowest BCUT2D eigenvalue weighted by Crippen LogP contribution is -2.52. The number of guanidine groups is 1. The lowest BCUT2D eigenvalue weighted by molar-refractivity contribution is 0.0452. The van der Waals surface area contributed by atoms with Crippen molar-refractivity contribution in [2.75, 3.05) is 19.6 Å². The fourth-order valence-corrected chi connectivity index (χ4v) is 1.92. The van der Waals surface area contributed by atoms with E-state index in [1.165, 1.54) is 0 Å². The molecule has 6 nitrogen and oxygen atoms in total. The summed E-state index contributed by atoms with van der Waals surface area (Å²) in [4.78, 5) is 16.6. The normalized spacial score (nSPS) is 12.3. The van der Waals surface area contributed by atoms with Crippen LogP contribution in [0.5, 0.6) is 0 Å². The van der Waals surface area contributed by atoms with Gasteiger partial charge in [-0.15, -0.1) is 6.42 Å². The number of amides is 1. The van der Waals surface area contributed by atoms with Crippen molar-refractivity contribution < 1.29 is 9.53 Å². The summed E-state index contributed by atoms with van der Waals surface area (Å²) < 4.78 is 5.36. The van der Waals surface area contributed by atoms with Gasteiger partial charge < -0.3 is 20.7 Å². The minimum absolute atomic E-state index is 0.399. The molecule has 0 rings (SSSR count). The van der Waals surface area contributed by atoms with Gasteiger partial charge in [0.05, 0.1) is 18.6 Å². The van der Waals surface area contributed by atoms with Crippen molar-refractivity contribution in [1.82, 2.24) is 16.0 Å². The molecular formula is C17H32N4O2. The molecule has 0 saturated carbocycles. The molecule has 1 amide bonds. The Morgan fingerprint density at radius 1 is 1.17 bits per heavy atom. The number of nitrogens with zero attached hydrogens (tertiary/aromatic N) is 1. The van der Waals surface area contributed by atoms with Gasteiger partial charge in [-0.3, -0.25) is 4.99 Å². The zero-order chi connectivity index (χ0) is 17.9. The average Bonchev–Trinajstić information content (AvgIpc) is 2.46. The Bertz CT molecular complexity index is 429. The van der Waals surface area contributed by atoms with Crippen molar-refractivity contribution >= 4 is 12.1 Å². The molecule has 3 N–H and O–H groups in total. The van der Waals surface area contributed by atoms with Gasteiger partial charge in [-0.2, -0.15) is 0 Å². The second kappa shape index (κ2) is 9.98. The van der Waals surface area contributed by atoms with Crippen LogP contribution in [0.4, 0.5) is 4.79 Å². The summed E-state index contributed by atoms with van der Waals surface area (Å²) in [5, 5.41) is 9.15. The Morgan fingerprint density at radius 2 is 1.78 bits per heavy atom. The molecule has 0 unspecified atom stereocenters. The van der Waals surface area contributed by atoms with Crippen molar-refractivity contribution in [3.63, 3.8) is 0 Å². The van der Waals surface area contributed by atoms with E-state index in [0.717, 1.165) is 19.4 Å². The summed E-state index contributed by atoms with van der Waals surface area (Å²) >= 11 is 0. The van der Waals surface area contributed by atoms with Crippen molar-refractivity contribution in [3.05, 3.63) is 0 Å². The van der Waals surface area contributed by atoms with Crippen molar-refractivity contribution in [2.45, 2.75) is 65.5 Å². The number of ether oxygens (including phenoxy) is 1. The highest BCUT2D eigenvalue weighted by molar-refractivity contribution is 5.80. The van der Waals surface area contributed by atoms with Crippen LogP contribution in [0.25, 0.3) is 0 Å².